The highest BCUT2D eigenvalue weighted by Gasteiger charge is 2.33. The summed E-state index contributed by atoms with van der Waals surface area (Å²) in [5.74, 6) is -0.298. The lowest BCUT2D eigenvalue weighted by atomic mass is 10.0. The molecule has 6 heteroatoms. The van der Waals surface area contributed by atoms with Gasteiger partial charge in [-0.15, -0.1) is 0 Å². The Labute approximate surface area is 114 Å². The highest BCUT2D eigenvalue weighted by Crippen LogP contribution is 2.33. The van der Waals surface area contributed by atoms with Gasteiger partial charge in [0.25, 0.3) is 0 Å². The van der Waals surface area contributed by atoms with Crippen LogP contribution >= 0.6 is 31.9 Å². The van der Waals surface area contributed by atoms with Crippen molar-refractivity contribution in [2.75, 3.05) is 5.33 Å². The summed E-state index contributed by atoms with van der Waals surface area (Å²) in [7, 11) is 0. The van der Waals surface area contributed by atoms with Crippen molar-refractivity contribution in [2.45, 2.75) is 17.9 Å². The van der Waals surface area contributed by atoms with Gasteiger partial charge in [-0.1, -0.05) is 44.0 Å². The largest absolute Gasteiger partial charge is 0.416 e. The van der Waals surface area contributed by atoms with Crippen LogP contribution in [0, 0.1) is 0 Å². The summed E-state index contributed by atoms with van der Waals surface area (Å²) in [5, 5.41) is 0.544. The second-order valence-electron chi connectivity index (χ2n) is 3.37. The molecule has 0 spiro atoms. The van der Waals surface area contributed by atoms with Crippen LogP contribution in [0.25, 0.3) is 0 Å². The van der Waals surface area contributed by atoms with Gasteiger partial charge in [0, 0.05) is 22.6 Å². The summed E-state index contributed by atoms with van der Waals surface area (Å²) in [6.07, 6.45) is -4.25. The van der Waals surface area contributed by atoms with E-state index >= 15 is 0 Å². The van der Waals surface area contributed by atoms with Crippen molar-refractivity contribution in [2.24, 2.45) is 0 Å². The topological polar surface area (TPSA) is 17.1 Å². The van der Waals surface area contributed by atoms with Gasteiger partial charge in [-0.05, 0) is 11.6 Å². The monoisotopic (exact) mass is 372 g/mol. The molecule has 0 saturated heterocycles. The summed E-state index contributed by atoms with van der Waals surface area (Å²) in [6.45, 7) is 0. The predicted octanol–water partition coefficient (Wildman–Crippen LogP) is 4.57. The van der Waals surface area contributed by atoms with Crippen LogP contribution < -0.4 is 0 Å². The zero-order valence-corrected chi connectivity index (χ0v) is 11.8. The average molecular weight is 374 g/mol. The van der Waals surface area contributed by atoms with Gasteiger partial charge in [0.15, 0.2) is 5.78 Å². The van der Waals surface area contributed by atoms with E-state index in [2.05, 4.69) is 31.9 Å². The number of ketones is 1. The van der Waals surface area contributed by atoms with Crippen LogP contribution in [0.15, 0.2) is 18.2 Å². The Morgan fingerprint density at radius 3 is 2.35 bits per heavy atom. The molecule has 0 atom stereocenters. The fourth-order valence-corrected chi connectivity index (χ4v) is 2.21. The van der Waals surface area contributed by atoms with Crippen molar-refractivity contribution in [3.8, 4) is 0 Å². The number of hydrogen-bond acceptors (Lipinski definition) is 1. The number of Topliss-reactive ketones (excluding diaryl/α,β-unsaturated/α-hetero) is 1. The Balaban J connectivity index is 3.18. The van der Waals surface area contributed by atoms with E-state index in [9.17, 15) is 18.0 Å². The van der Waals surface area contributed by atoms with E-state index in [1.165, 1.54) is 12.1 Å². The van der Waals surface area contributed by atoms with Crippen molar-refractivity contribution >= 4 is 37.6 Å². The molecule has 1 rings (SSSR count). The first-order valence-electron chi connectivity index (χ1n) is 4.75. The minimum absolute atomic E-state index is 0.0986. The molecule has 0 heterocycles. The Bertz CT molecular complexity index is 416. The molecule has 94 valence electrons. The predicted molar refractivity (Wildman–Crippen MR) is 66.8 cm³/mol. The molecule has 0 bridgehead atoms. The smallest absolute Gasteiger partial charge is 0.294 e. The molecule has 0 amide bonds. The van der Waals surface area contributed by atoms with E-state index in [0.29, 0.717) is 5.33 Å². The lowest BCUT2D eigenvalue weighted by Gasteiger charge is -2.12. The first kappa shape index (κ1) is 14.7. The quantitative estimate of drug-likeness (QED) is 0.558. The minimum Gasteiger partial charge on any atom is -0.294 e. The number of hydrogen-bond donors (Lipinski definition) is 0. The minimum atomic E-state index is -4.44. The van der Waals surface area contributed by atoms with Crippen LogP contribution in [0.3, 0.4) is 0 Å². The van der Waals surface area contributed by atoms with E-state index < -0.39 is 11.7 Å². The van der Waals surface area contributed by atoms with Crippen LogP contribution in [0.5, 0.6) is 0 Å². The van der Waals surface area contributed by atoms with E-state index in [0.717, 1.165) is 6.07 Å². The SMILES string of the molecule is O=C(CCBr)c1ccc(CBr)c(C(F)(F)F)c1. The third kappa shape index (κ3) is 3.81. The molecule has 0 aliphatic heterocycles. The molecular weight excluding hydrogens is 365 g/mol. The fourth-order valence-electron chi connectivity index (χ4n) is 1.36. The van der Waals surface area contributed by atoms with Gasteiger partial charge in [0.1, 0.15) is 0 Å². The van der Waals surface area contributed by atoms with E-state index in [1.54, 1.807) is 0 Å². The summed E-state index contributed by atoms with van der Waals surface area (Å²) >= 11 is 6.08. The second kappa shape index (κ2) is 6.00. The number of alkyl halides is 5. The van der Waals surface area contributed by atoms with Gasteiger partial charge in [-0.2, -0.15) is 13.2 Å². The standard InChI is InChI=1S/C11H9Br2F3O/c12-4-3-10(17)7-1-2-8(6-13)9(5-7)11(14,15)16/h1-2,5H,3-4,6H2. The maximum Gasteiger partial charge on any atom is 0.416 e. The van der Waals surface area contributed by atoms with E-state index in [-0.39, 0.29) is 28.7 Å². The number of rotatable bonds is 4. The number of halogens is 5. The van der Waals surface area contributed by atoms with Gasteiger partial charge in [0.05, 0.1) is 5.56 Å². The summed E-state index contributed by atoms with van der Waals surface area (Å²) in [6, 6.07) is 3.68. The van der Waals surface area contributed by atoms with Crippen LogP contribution in [-0.2, 0) is 11.5 Å². The zero-order chi connectivity index (χ0) is 13.1. The highest BCUT2D eigenvalue weighted by molar-refractivity contribution is 9.09. The fraction of sp³-hybridized carbons (Fsp3) is 0.364. The van der Waals surface area contributed by atoms with Gasteiger partial charge in [-0.3, -0.25) is 4.79 Å². The van der Waals surface area contributed by atoms with Crippen molar-refractivity contribution in [3.63, 3.8) is 0 Å². The van der Waals surface area contributed by atoms with Gasteiger partial charge >= 0.3 is 6.18 Å². The van der Waals surface area contributed by atoms with Crippen molar-refractivity contribution < 1.29 is 18.0 Å². The Kier molecular flexibility index (Phi) is 5.19. The third-order valence-electron chi connectivity index (χ3n) is 2.20. The number of carbonyl (C=O) groups is 1. The van der Waals surface area contributed by atoms with Crippen molar-refractivity contribution in [1.82, 2.24) is 0 Å². The molecule has 0 N–H and O–H groups in total. The molecule has 0 saturated carbocycles. The van der Waals surface area contributed by atoms with E-state index in [4.69, 9.17) is 0 Å². The summed E-state index contributed by atoms with van der Waals surface area (Å²) in [4.78, 5) is 11.5. The summed E-state index contributed by atoms with van der Waals surface area (Å²) < 4.78 is 38.2. The molecule has 0 radical (unpaired) electrons. The normalized spacial score (nSPS) is 11.6. The Morgan fingerprint density at radius 1 is 1.24 bits per heavy atom. The lowest BCUT2D eigenvalue weighted by Crippen LogP contribution is -2.11. The molecule has 0 aliphatic rings. The molecule has 0 aromatic heterocycles. The molecule has 1 aromatic carbocycles. The zero-order valence-electron chi connectivity index (χ0n) is 8.65. The molecule has 1 aromatic rings. The molecule has 0 fully saturated rings. The average Bonchev–Trinajstić information content (AvgIpc) is 2.27. The molecule has 0 aliphatic carbocycles. The van der Waals surface area contributed by atoms with Gasteiger partial charge < -0.3 is 0 Å². The lowest BCUT2D eigenvalue weighted by molar-refractivity contribution is -0.138. The molecule has 17 heavy (non-hydrogen) atoms. The second-order valence-corrected chi connectivity index (χ2v) is 4.72. The molecule has 1 nitrogen and oxygen atoms in total. The van der Waals surface area contributed by atoms with Gasteiger partial charge in [0.2, 0.25) is 0 Å². The van der Waals surface area contributed by atoms with Crippen LogP contribution in [-0.4, -0.2) is 11.1 Å². The summed E-state index contributed by atoms with van der Waals surface area (Å²) in [5.41, 5.74) is -0.524. The molecular formula is C11H9Br2F3O. The van der Waals surface area contributed by atoms with Crippen molar-refractivity contribution in [3.05, 3.63) is 34.9 Å². The maximum absolute atomic E-state index is 12.7. The van der Waals surface area contributed by atoms with Gasteiger partial charge in [-0.25, -0.2) is 0 Å². The Morgan fingerprint density at radius 2 is 1.88 bits per heavy atom. The Hall–Kier alpha value is -0.360. The number of benzene rings is 1. The highest BCUT2D eigenvalue weighted by atomic mass is 79.9. The molecule has 0 unspecified atom stereocenters. The third-order valence-corrected chi connectivity index (χ3v) is 3.20. The van der Waals surface area contributed by atoms with Crippen LogP contribution in [0.2, 0.25) is 0 Å². The van der Waals surface area contributed by atoms with Crippen molar-refractivity contribution in [1.29, 1.82) is 0 Å². The first-order chi connectivity index (χ1) is 7.90. The number of carbonyl (C=O) groups excluding carboxylic acids is 1. The maximum atomic E-state index is 12.7. The van der Waals surface area contributed by atoms with Crippen LogP contribution in [0.4, 0.5) is 13.2 Å². The van der Waals surface area contributed by atoms with Crippen LogP contribution in [0.1, 0.15) is 27.9 Å². The first-order valence-corrected chi connectivity index (χ1v) is 6.99. The van der Waals surface area contributed by atoms with E-state index in [1.807, 2.05) is 0 Å².